The normalized spacial score (nSPS) is 13.3. The topological polar surface area (TPSA) is 78.9 Å². The van der Waals surface area contributed by atoms with Crippen molar-refractivity contribution in [3.8, 4) is 0 Å². The molecule has 0 fully saturated rings. The van der Waals surface area contributed by atoms with Crippen LogP contribution in [-0.2, 0) is 28.6 Å². The summed E-state index contributed by atoms with van der Waals surface area (Å²) >= 11 is 0. The molecule has 6 nitrogen and oxygen atoms in total. The summed E-state index contributed by atoms with van der Waals surface area (Å²) in [5.41, 5.74) is 0. The van der Waals surface area contributed by atoms with Crippen LogP contribution in [0.2, 0.25) is 0 Å². The van der Waals surface area contributed by atoms with Crippen LogP contribution < -0.4 is 0 Å². The second-order valence-electron chi connectivity index (χ2n) is 22.8. The lowest BCUT2D eigenvalue weighted by Crippen LogP contribution is -2.30. The SMILES string of the molecule is CCC(C)CCCCCCCCCCCCCCCCCCCCC(=O)OC[C@H](COC(=O)CCCCCCCCCCCCCCCCC(C)CC)OC(=O)CCCCCCCCCCC(C)CC. The molecule has 4 atom stereocenters. The Balaban J connectivity index is 4.23. The van der Waals surface area contributed by atoms with Gasteiger partial charge in [0.1, 0.15) is 13.2 Å². The van der Waals surface area contributed by atoms with Crippen molar-refractivity contribution in [2.45, 2.75) is 362 Å². The van der Waals surface area contributed by atoms with Crippen LogP contribution in [0.25, 0.3) is 0 Å². The molecule has 0 saturated heterocycles. The van der Waals surface area contributed by atoms with Crippen molar-refractivity contribution >= 4 is 17.9 Å². The molecular formula is C64H124O6. The lowest BCUT2D eigenvalue weighted by atomic mass is 9.99. The molecule has 0 amide bonds. The summed E-state index contributed by atoms with van der Waals surface area (Å²) < 4.78 is 16.9. The summed E-state index contributed by atoms with van der Waals surface area (Å²) in [4.78, 5) is 38.2. The van der Waals surface area contributed by atoms with E-state index in [1.165, 1.54) is 238 Å². The van der Waals surface area contributed by atoms with Crippen LogP contribution in [0.4, 0.5) is 0 Å². The Hall–Kier alpha value is -1.59. The summed E-state index contributed by atoms with van der Waals surface area (Å²) in [6.45, 7) is 13.9. The van der Waals surface area contributed by atoms with E-state index in [1.54, 1.807) is 0 Å². The third kappa shape index (κ3) is 52.7. The van der Waals surface area contributed by atoms with E-state index < -0.39 is 6.10 Å². The third-order valence-electron chi connectivity index (χ3n) is 15.7. The first-order valence-electron chi connectivity index (χ1n) is 31.7. The Labute approximate surface area is 438 Å². The molecule has 0 aliphatic rings. The van der Waals surface area contributed by atoms with E-state index in [4.69, 9.17) is 14.2 Å². The standard InChI is InChI=1S/C64H124O6/c1-7-58(4)50-44-38-32-26-22-18-14-12-10-11-13-15-20-24-28-35-41-47-53-62(65)68-56-61(70-64(67)55-49-43-37-31-30-34-40-46-52-60(6)9-3)57-69-63(66)54-48-42-36-29-25-21-17-16-19-23-27-33-39-45-51-59(5)8-2/h58-61H,7-57H2,1-6H3/t58?,59?,60?,61-/m1/s1. The molecule has 0 aliphatic carbocycles. The zero-order chi connectivity index (χ0) is 51.2. The number of carbonyl (C=O) groups excluding carboxylic acids is 3. The van der Waals surface area contributed by atoms with E-state index in [-0.39, 0.29) is 31.1 Å². The average Bonchev–Trinajstić information content (AvgIpc) is 3.36. The molecule has 0 bridgehead atoms. The van der Waals surface area contributed by atoms with E-state index in [9.17, 15) is 14.4 Å². The Morgan fingerprint density at radius 1 is 0.271 bits per heavy atom. The van der Waals surface area contributed by atoms with Crippen molar-refractivity contribution in [2.75, 3.05) is 13.2 Å². The van der Waals surface area contributed by atoms with Gasteiger partial charge in [-0.3, -0.25) is 14.4 Å². The lowest BCUT2D eigenvalue weighted by molar-refractivity contribution is -0.167. The van der Waals surface area contributed by atoms with Gasteiger partial charge in [0.05, 0.1) is 0 Å². The molecule has 0 aromatic heterocycles. The van der Waals surface area contributed by atoms with Gasteiger partial charge in [-0.1, -0.05) is 318 Å². The van der Waals surface area contributed by atoms with E-state index in [0.29, 0.717) is 19.3 Å². The minimum absolute atomic E-state index is 0.0633. The predicted octanol–water partition coefficient (Wildman–Crippen LogP) is 21.1. The van der Waals surface area contributed by atoms with Gasteiger partial charge in [-0.05, 0) is 37.0 Å². The van der Waals surface area contributed by atoms with Gasteiger partial charge in [0.15, 0.2) is 6.10 Å². The molecular weight excluding hydrogens is 865 g/mol. The Kier molecular flexibility index (Phi) is 53.9. The van der Waals surface area contributed by atoms with Gasteiger partial charge in [-0.2, -0.15) is 0 Å². The molecule has 0 rings (SSSR count). The van der Waals surface area contributed by atoms with Crippen LogP contribution in [-0.4, -0.2) is 37.2 Å². The second kappa shape index (κ2) is 55.2. The van der Waals surface area contributed by atoms with Crippen molar-refractivity contribution in [1.82, 2.24) is 0 Å². The highest BCUT2D eigenvalue weighted by Crippen LogP contribution is 2.20. The number of carbonyl (C=O) groups is 3. The van der Waals surface area contributed by atoms with Gasteiger partial charge in [0.25, 0.3) is 0 Å². The van der Waals surface area contributed by atoms with Crippen molar-refractivity contribution in [3.05, 3.63) is 0 Å². The molecule has 3 unspecified atom stereocenters. The van der Waals surface area contributed by atoms with Crippen LogP contribution in [0.1, 0.15) is 356 Å². The summed E-state index contributed by atoms with van der Waals surface area (Å²) in [5, 5.41) is 0. The van der Waals surface area contributed by atoms with Gasteiger partial charge in [0.2, 0.25) is 0 Å². The highest BCUT2D eigenvalue weighted by molar-refractivity contribution is 5.71. The molecule has 6 heteroatoms. The first kappa shape index (κ1) is 68.4. The minimum Gasteiger partial charge on any atom is -0.462 e. The molecule has 416 valence electrons. The summed E-state index contributed by atoms with van der Waals surface area (Å²) in [5.74, 6) is 1.81. The number of hydrogen-bond donors (Lipinski definition) is 0. The molecule has 0 saturated carbocycles. The van der Waals surface area contributed by atoms with Crippen LogP contribution >= 0.6 is 0 Å². The fourth-order valence-corrected chi connectivity index (χ4v) is 9.79. The highest BCUT2D eigenvalue weighted by atomic mass is 16.6. The maximum absolute atomic E-state index is 12.9. The number of hydrogen-bond acceptors (Lipinski definition) is 6. The monoisotopic (exact) mass is 989 g/mol. The van der Waals surface area contributed by atoms with Gasteiger partial charge in [0, 0.05) is 19.3 Å². The summed E-state index contributed by atoms with van der Waals surface area (Å²) in [7, 11) is 0. The number of esters is 3. The number of rotatable bonds is 57. The van der Waals surface area contributed by atoms with Crippen LogP contribution in [0.3, 0.4) is 0 Å². The van der Waals surface area contributed by atoms with E-state index in [2.05, 4.69) is 41.5 Å². The van der Waals surface area contributed by atoms with Crippen LogP contribution in [0.5, 0.6) is 0 Å². The lowest BCUT2D eigenvalue weighted by Gasteiger charge is -2.18. The molecule has 0 spiro atoms. The number of ether oxygens (including phenoxy) is 3. The zero-order valence-corrected chi connectivity index (χ0v) is 48.3. The summed E-state index contributed by atoms with van der Waals surface area (Å²) in [6, 6.07) is 0. The molecule has 0 aromatic rings. The molecule has 0 aliphatic heterocycles. The molecule has 0 N–H and O–H groups in total. The highest BCUT2D eigenvalue weighted by Gasteiger charge is 2.19. The van der Waals surface area contributed by atoms with Gasteiger partial charge >= 0.3 is 17.9 Å². The number of unbranched alkanes of at least 4 members (excludes halogenated alkanes) is 37. The predicted molar refractivity (Wildman–Crippen MR) is 303 cm³/mol. The molecule has 0 heterocycles. The Morgan fingerprint density at radius 2 is 0.457 bits per heavy atom. The third-order valence-corrected chi connectivity index (χ3v) is 15.7. The molecule has 0 radical (unpaired) electrons. The Bertz CT molecular complexity index is 1090. The quantitative estimate of drug-likeness (QED) is 0.0343. The van der Waals surface area contributed by atoms with E-state index in [0.717, 1.165) is 75.5 Å². The fourth-order valence-electron chi connectivity index (χ4n) is 9.79. The maximum atomic E-state index is 12.9. The zero-order valence-electron chi connectivity index (χ0n) is 48.3. The van der Waals surface area contributed by atoms with Gasteiger partial charge in [-0.15, -0.1) is 0 Å². The first-order valence-corrected chi connectivity index (χ1v) is 31.7. The van der Waals surface area contributed by atoms with Crippen LogP contribution in [0.15, 0.2) is 0 Å². The van der Waals surface area contributed by atoms with Crippen molar-refractivity contribution in [1.29, 1.82) is 0 Å². The van der Waals surface area contributed by atoms with E-state index in [1.807, 2.05) is 0 Å². The van der Waals surface area contributed by atoms with Gasteiger partial charge < -0.3 is 14.2 Å². The minimum atomic E-state index is -0.765. The first-order chi connectivity index (χ1) is 34.2. The molecule has 0 aromatic carbocycles. The second-order valence-corrected chi connectivity index (χ2v) is 22.8. The van der Waals surface area contributed by atoms with E-state index >= 15 is 0 Å². The molecule has 70 heavy (non-hydrogen) atoms. The van der Waals surface area contributed by atoms with Crippen molar-refractivity contribution in [2.24, 2.45) is 17.8 Å². The van der Waals surface area contributed by atoms with Gasteiger partial charge in [-0.25, -0.2) is 0 Å². The fraction of sp³-hybridized carbons (Fsp3) is 0.953. The maximum Gasteiger partial charge on any atom is 0.306 e. The van der Waals surface area contributed by atoms with Crippen molar-refractivity contribution < 1.29 is 28.6 Å². The summed E-state index contributed by atoms with van der Waals surface area (Å²) in [6.07, 6.45) is 59.5. The Morgan fingerprint density at radius 3 is 0.671 bits per heavy atom. The smallest absolute Gasteiger partial charge is 0.306 e. The van der Waals surface area contributed by atoms with Crippen LogP contribution in [0, 0.1) is 17.8 Å². The largest absolute Gasteiger partial charge is 0.462 e. The van der Waals surface area contributed by atoms with Crippen molar-refractivity contribution in [3.63, 3.8) is 0 Å². The average molecular weight is 990 g/mol.